The van der Waals surface area contributed by atoms with Gasteiger partial charge in [-0.25, -0.2) is 18.9 Å². The van der Waals surface area contributed by atoms with E-state index in [2.05, 4.69) is 15.4 Å². The van der Waals surface area contributed by atoms with Gasteiger partial charge in [0, 0.05) is 17.5 Å². The third kappa shape index (κ3) is 2.61. The molecule has 3 rings (SSSR count). The van der Waals surface area contributed by atoms with Crippen molar-refractivity contribution in [3.63, 3.8) is 0 Å². The Hall–Kier alpha value is -2.96. The van der Waals surface area contributed by atoms with E-state index in [1.165, 1.54) is 18.3 Å². The summed E-state index contributed by atoms with van der Waals surface area (Å²) in [6.45, 7) is 4.36. The summed E-state index contributed by atoms with van der Waals surface area (Å²) in [5.74, 6) is -0.339. The van der Waals surface area contributed by atoms with E-state index in [0.717, 1.165) is 5.56 Å². The Kier molecular flexibility index (Phi) is 3.69. The Morgan fingerprint density at radius 1 is 1.39 bits per heavy atom. The average molecular weight is 314 g/mol. The van der Waals surface area contributed by atoms with Crippen molar-refractivity contribution in [2.45, 2.75) is 20.4 Å². The maximum atomic E-state index is 13.4. The van der Waals surface area contributed by atoms with Crippen LogP contribution in [0.1, 0.15) is 12.5 Å². The highest BCUT2D eigenvalue weighted by atomic mass is 19.1. The van der Waals surface area contributed by atoms with E-state index in [1.807, 2.05) is 6.92 Å². The smallest absolute Gasteiger partial charge is 0.409 e. The van der Waals surface area contributed by atoms with Gasteiger partial charge in [-0.1, -0.05) is 6.07 Å². The second-order valence-corrected chi connectivity index (χ2v) is 5.13. The first-order valence-electron chi connectivity index (χ1n) is 7.12. The standard InChI is InChI=1S/C16H15FN4O2/c1-3-21-15-12(7-19-21)14(13(8-18-15)20-16(22)23)11-5-4-10(17)6-9(11)2/h4-8,20H,3H2,1-2H3,(H,22,23). The van der Waals surface area contributed by atoms with Gasteiger partial charge in [0.1, 0.15) is 5.82 Å². The number of hydrogen-bond donors (Lipinski definition) is 2. The lowest BCUT2D eigenvalue weighted by atomic mass is 9.97. The number of nitrogens with zero attached hydrogens (tertiary/aromatic N) is 3. The molecule has 0 aliphatic carbocycles. The van der Waals surface area contributed by atoms with Crippen LogP contribution in [0.2, 0.25) is 0 Å². The minimum Gasteiger partial charge on any atom is -0.465 e. The molecule has 0 fully saturated rings. The highest BCUT2D eigenvalue weighted by molar-refractivity contribution is 6.03. The van der Waals surface area contributed by atoms with Crippen molar-refractivity contribution < 1.29 is 14.3 Å². The molecule has 0 bridgehead atoms. The molecule has 23 heavy (non-hydrogen) atoms. The summed E-state index contributed by atoms with van der Waals surface area (Å²) in [6, 6.07) is 4.40. The Balaban J connectivity index is 2.33. The number of amides is 1. The number of pyridine rings is 1. The fourth-order valence-electron chi connectivity index (χ4n) is 2.67. The first-order valence-corrected chi connectivity index (χ1v) is 7.12. The Morgan fingerprint density at radius 2 is 2.17 bits per heavy atom. The van der Waals surface area contributed by atoms with Crippen LogP contribution in [-0.2, 0) is 6.54 Å². The maximum Gasteiger partial charge on any atom is 0.409 e. The second kappa shape index (κ2) is 5.68. The number of carbonyl (C=O) groups is 1. The molecule has 0 aliphatic heterocycles. The van der Waals surface area contributed by atoms with E-state index in [1.54, 1.807) is 23.9 Å². The van der Waals surface area contributed by atoms with Gasteiger partial charge in [-0.05, 0) is 37.1 Å². The van der Waals surface area contributed by atoms with Gasteiger partial charge in [0.15, 0.2) is 5.65 Å². The zero-order valence-electron chi connectivity index (χ0n) is 12.7. The van der Waals surface area contributed by atoms with E-state index in [0.29, 0.717) is 34.4 Å². The molecule has 0 aliphatic rings. The highest BCUT2D eigenvalue weighted by Crippen LogP contribution is 2.36. The zero-order chi connectivity index (χ0) is 16.6. The predicted octanol–water partition coefficient (Wildman–Crippen LogP) is 3.66. The van der Waals surface area contributed by atoms with E-state index in [4.69, 9.17) is 5.11 Å². The third-order valence-electron chi connectivity index (χ3n) is 3.67. The van der Waals surface area contributed by atoms with Crippen molar-refractivity contribution in [1.82, 2.24) is 14.8 Å². The number of anilines is 1. The maximum absolute atomic E-state index is 13.4. The number of fused-ring (bicyclic) bond motifs is 1. The zero-order valence-corrected chi connectivity index (χ0v) is 12.7. The number of aryl methyl sites for hydroxylation is 2. The predicted molar refractivity (Wildman–Crippen MR) is 85.0 cm³/mol. The fourth-order valence-corrected chi connectivity index (χ4v) is 2.67. The molecule has 7 heteroatoms. The number of rotatable bonds is 3. The van der Waals surface area contributed by atoms with Crippen molar-refractivity contribution >= 4 is 22.8 Å². The first kappa shape index (κ1) is 15.0. The molecular formula is C16H15FN4O2. The molecule has 0 spiro atoms. The number of benzene rings is 1. The number of nitrogens with one attached hydrogen (secondary N) is 1. The van der Waals surface area contributed by atoms with Crippen LogP contribution in [0.3, 0.4) is 0 Å². The SMILES string of the molecule is CCn1ncc2c(-c3ccc(F)cc3C)c(NC(=O)O)cnc21. The summed E-state index contributed by atoms with van der Waals surface area (Å²) in [4.78, 5) is 15.4. The molecule has 3 aromatic rings. The Labute approximate surface area is 131 Å². The Morgan fingerprint density at radius 3 is 2.83 bits per heavy atom. The topological polar surface area (TPSA) is 80.0 Å². The van der Waals surface area contributed by atoms with Gasteiger partial charge in [-0.3, -0.25) is 5.32 Å². The highest BCUT2D eigenvalue weighted by Gasteiger charge is 2.17. The van der Waals surface area contributed by atoms with Crippen molar-refractivity contribution in [2.75, 3.05) is 5.32 Å². The van der Waals surface area contributed by atoms with Gasteiger partial charge in [0.25, 0.3) is 0 Å². The molecular weight excluding hydrogens is 299 g/mol. The van der Waals surface area contributed by atoms with E-state index in [-0.39, 0.29) is 5.82 Å². The number of carboxylic acid groups (broad SMARTS) is 1. The van der Waals surface area contributed by atoms with Crippen LogP contribution < -0.4 is 5.32 Å². The molecule has 0 atom stereocenters. The third-order valence-corrected chi connectivity index (χ3v) is 3.67. The van der Waals surface area contributed by atoms with E-state index in [9.17, 15) is 9.18 Å². The molecule has 0 radical (unpaired) electrons. The summed E-state index contributed by atoms with van der Waals surface area (Å²) in [5, 5.41) is 16.4. The van der Waals surface area contributed by atoms with Crippen LogP contribution in [0, 0.1) is 12.7 Å². The summed E-state index contributed by atoms with van der Waals surface area (Å²) in [5.41, 5.74) is 3.08. The Bertz CT molecular complexity index is 904. The van der Waals surface area contributed by atoms with Crippen LogP contribution in [0.5, 0.6) is 0 Å². The summed E-state index contributed by atoms with van der Waals surface area (Å²) >= 11 is 0. The van der Waals surface area contributed by atoms with E-state index >= 15 is 0 Å². The molecule has 0 saturated carbocycles. The molecule has 6 nitrogen and oxygen atoms in total. The lowest BCUT2D eigenvalue weighted by Gasteiger charge is -2.13. The van der Waals surface area contributed by atoms with Crippen LogP contribution in [0.25, 0.3) is 22.2 Å². The minimum absolute atomic E-state index is 0.339. The van der Waals surface area contributed by atoms with E-state index < -0.39 is 6.09 Å². The second-order valence-electron chi connectivity index (χ2n) is 5.13. The van der Waals surface area contributed by atoms with Crippen LogP contribution in [-0.4, -0.2) is 26.0 Å². The monoisotopic (exact) mass is 314 g/mol. The largest absolute Gasteiger partial charge is 0.465 e. The van der Waals surface area contributed by atoms with Crippen LogP contribution in [0.4, 0.5) is 14.9 Å². The van der Waals surface area contributed by atoms with Gasteiger partial charge < -0.3 is 5.11 Å². The fraction of sp³-hybridized carbons (Fsp3) is 0.188. The molecule has 0 saturated heterocycles. The molecule has 2 aromatic heterocycles. The van der Waals surface area contributed by atoms with Gasteiger partial charge in [0.05, 0.1) is 18.1 Å². The van der Waals surface area contributed by atoms with Crippen molar-refractivity contribution in [3.8, 4) is 11.1 Å². The van der Waals surface area contributed by atoms with Crippen molar-refractivity contribution in [2.24, 2.45) is 0 Å². The molecule has 2 N–H and O–H groups in total. The van der Waals surface area contributed by atoms with Gasteiger partial charge in [-0.15, -0.1) is 0 Å². The van der Waals surface area contributed by atoms with Crippen LogP contribution >= 0.6 is 0 Å². The number of hydrogen-bond acceptors (Lipinski definition) is 3. The lowest BCUT2D eigenvalue weighted by Crippen LogP contribution is -2.09. The lowest BCUT2D eigenvalue weighted by molar-refractivity contribution is 0.210. The summed E-state index contributed by atoms with van der Waals surface area (Å²) in [6.07, 6.45) is 1.93. The van der Waals surface area contributed by atoms with Gasteiger partial charge in [-0.2, -0.15) is 5.10 Å². The molecule has 1 amide bonds. The average Bonchev–Trinajstić information content (AvgIpc) is 2.90. The molecule has 118 valence electrons. The normalized spacial score (nSPS) is 10.9. The molecule has 1 aromatic carbocycles. The summed E-state index contributed by atoms with van der Waals surface area (Å²) in [7, 11) is 0. The van der Waals surface area contributed by atoms with Crippen molar-refractivity contribution in [1.29, 1.82) is 0 Å². The van der Waals surface area contributed by atoms with Gasteiger partial charge in [0.2, 0.25) is 0 Å². The summed E-state index contributed by atoms with van der Waals surface area (Å²) < 4.78 is 15.1. The number of aromatic nitrogens is 3. The quantitative estimate of drug-likeness (QED) is 0.773. The van der Waals surface area contributed by atoms with Crippen LogP contribution in [0.15, 0.2) is 30.6 Å². The first-order chi connectivity index (χ1) is 11.0. The molecule has 2 heterocycles. The molecule has 0 unspecified atom stereocenters. The van der Waals surface area contributed by atoms with Gasteiger partial charge >= 0.3 is 6.09 Å². The van der Waals surface area contributed by atoms with Crippen molar-refractivity contribution in [3.05, 3.63) is 42.0 Å². The minimum atomic E-state index is -1.19. The number of halogens is 1.